The van der Waals surface area contributed by atoms with Gasteiger partial charge in [-0.1, -0.05) is 6.42 Å². The lowest BCUT2D eigenvalue weighted by Gasteiger charge is -2.33. The van der Waals surface area contributed by atoms with E-state index in [9.17, 15) is 0 Å². The highest BCUT2D eigenvalue weighted by Gasteiger charge is 2.17. The molecule has 1 aliphatic heterocycles. The maximum absolute atomic E-state index is 5.38. The molecule has 1 fully saturated rings. The lowest BCUT2D eigenvalue weighted by molar-refractivity contribution is 0.121. The molecule has 1 N–H and O–H groups in total. The van der Waals surface area contributed by atoms with Gasteiger partial charge in [0, 0.05) is 31.8 Å². The summed E-state index contributed by atoms with van der Waals surface area (Å²) in [4.78, 5) is 2.60. The molecule has 1 rings (SSSR count). The van der Waals surface area contributed by atoms with Gasteiger partial charge in [0.25, 0.3) is 0 Å². The number of hydrogen-bond acceptors (Lipinski definition) is 3. The lowest BCUT2D eigenvalue weighted by Crippen LogP contribution is -2.43. The van der Waals surface area contributed by atoms with E-state index in [1.807, 2.05) is 6.92 Å². The van der Waals surface area contributed by atoms with Gasteiger partial charge in [-0.3, -0.25) is 4.90 Å². The molecule has 0 radical (unpaired) electrons. The lowest BCUT2D eigenvalue weighted by atomic mass is 10.0. The van der Waals surface area contributed by atoms with Crippen LogP contribution in [-0.4, -0.2) is 49.8 Å². The molecule has 16 heavy (non-hydrogen) atoms. The SMILES string of the molecule is CCOCC(C)NCCN1CCCCC1C. The van der Waals surface area contributed by atoms with Crippen LogP contribution in [0.15, 0.2) is 0 Å². The highest BCUT2D eigenvalue weighted by atomic mass is 16.5. The Morgan fingerprint density at radius 2 is 2.25 bits per heavy atom. The first-order valence-electron chi connectivity index (χ1n) is 6.79. The fourth-order valence-electron chi connectivity index (χ4n) is 2.30. The normalized spacial score (nSPS) is 24.6. The van der Waals surface area contributed by atoms with E-state index in [0.29, 0.717) is 6.04 Å². The number of rotatable bonds is 7. The number of ether oxygens (including phenoxy) is 1. The van der Waals surface area contributed by atoms with Gasteiger partial charge in [-0.2, -0.15) is 0 Å². The fourth-order valence-corrected chi connectivity index (χ4v) is 2.30. The van der Waals surface area contributed by atoms with Crippen molar-refractivity contribution < 1.29 is 4.74 Å². The molecular formula is C13H28N2O. The standard InChI is InChI=1S/C13H28N2O/c1-4-16-11-12(2)14-8-10-15-9-6-5-7-13(15)3/h12-14H,4-11H2,1-3H3. The Bertz CT molecular complexity index is 175. The number of likely N-dealkylation sites (tertiary alicyclic amines) is 1. The molecule has 0 aliphatic carbocycles. The minimum atomic E-state index is 0.472. The second kappa shape index (κ2) is 8.04. The van der Waals surface area contributed by atoms with Crippen LogP contribution >= 0.6 is 0 Å². The van der Waals surface area contributed by atoms with Crippen molar-refractivity contribution in [2.24, 2.45) is 0 Å². The molecule has 0 aromatic heterocycles. The smallest absolute Gasteiger partial charge is 0.0616 e. The number of nitrogens with zero attached hydrogens (tertiary/aromatic N) is 1. The topological polar surface area (TPSA) is 24.5 Å². The number of hydrogen-bond donors (Lipinski definition) is 1. The van der Waals surface area contributed by atoms with Gasteiger partial charge >= 0.3 is 0 Å². The van der Waals surface area contributed by atoms with E-state index in [4.69, 9.17) is 4.74 Å². The summed E-state index contributed by atoms with van der Waals surface area (Å²) in [6.07, 6.45) is 4.15. The van der Waals surface area contributed by atoms with E-state index in [-0.39, 0.29) is 0 Å². The van der Waals surface area contributed by atoms with E-state index < -0.39 is 0 Å². The molecule has 96 valence electrons. The van der Waals surface area contributed by atoms with Crippen LogP contribution in [0.1, 0.15) is 40.0 Å². The molecule has 2 unspecified atom stereocenters. The largest absolute Gasteiger partial charge is 0.380 e. The third-order valence-electron chi connectivity index (χ3n) is 3.40. The Hall–Kier alpha value is -0.120. The average molecular weight is 228 g/mol. The summed E-state index contributed by atoms with van der Waals surface area (Å²) in [7, 11) is 0. The molecule has 0 spiro atoms. The Balaban J connectivity index is 2.05. The van der Waals surface area contributed by atoms with Gasteiger partial charge in [0.05, 0.1) is 6.61 Å². The summed E-state index contributed by atoms with van der Waals surface area (Å²) < 4.78 is 5.38. The predicted octanol–water partition coefficient (Wildman–Crippen LogP) is 1.88. The van der Waals surface area contributed by atoms with Crippen molar-refractivity contribution in [2.75, 3.05) is 32.8 Å². The molecule has 3 heteroatoms. The van der Waals surface area contributed by atoms with Gasteiger partial charge in [-0.05, 0) is 40.2 Å². The molecule has 0 saturated carbocycles. The van der Waals surface area contributed by atoms with Gasteiger partial charge in [0.15, 0.2) is 0 Å². The Labute approximate surface area is 101 Å². The zero-order valence-electron chi connectivity index (χ0n) is 11.2. The first-order valence-corrected chi connectivity index (χ1v) is 6.79. The van der Waals surface area contributed by atoms with E-state index in [0.717, 1.165) is 25.8 Å². The third-order valence-corrected chi connectivity index (χ3v) is 3.40. The maximum Gasteiger partial charge on any atom is 0.0616 e. The zero-order chi connectivity index (χ0) is 11.8. The molecule has 0 aromatic carbocycles. The summed E-state index contributed by atoms with van der Waals surface area (Å²) in [5.74, 6) is 0. The van der Waals surface area contributed by atoms with Crippen molar-refractivity contribution in [2.45, 2.75) is 52.1 Å². The van der Waals surface area contributed by atoms with Crippen molar-refractivity contribution in [1.29, 1.82) is 0 Å². The maximum atomic E-state index is 5.38. The summed E-state index contributed by atoms with van der Waals surface area (Å²) >= 11 is 0. The van der Waals surface area contributed by atoms with Crippen LogP contribution in [-0.2, 0) is 4.74 Å². The van der Waals surface area contributed by atoms with E-state index >= 15 is 0 Å². The molecule has 2 atom stereocenters. The van der Waals surface area contributed by atoms with Crippen molar-refractivity contribution in [3.63, 3.8) is 0 Å². The minimum absolute atomic E-state index is 0.472. The van der Waals surface area contributed by atoms with Crippen LogP contribution in [0.2, 0.25) is 0 Å². The average Bonchev–Trinajstić information content (AvgIpc) is 2.29. The van der Waals surface area contributed by atoms with Gasteiger partial charge < -0.3 is 10.1 Å². The van der Waals surface area contributed by atoms with Crippen LogP contribution < -0.4 is 5.32 Å². The van der Waals surface area contributed by atoms with Gasteiger partial charge in [0.1, 0.15) is 0 Å². The van der Waals surface area contributed by atoms with Crippen LogP contribution in [0.4, 0.5) is 0 Å². The Morgan fingerprint density at radius 1 is 1.44 bits per heavy atom. The second-order valence-electron chi connectivity index (χ2n) is 4.90. The molecule has 3 nitrogen and oxygen atoms in total. The minimum Gasteiger partial charge on any atom is -0.380 e. The van der Waals surface area contributed by atoms with Crippen LogP contribution in [0.3, 0.4) is 0 Å². The molecule has 1 heterocycles. The predicted molar refractivity (Wildman–Crippen MR) is 68.8 cm³/mol. The highest BCUT2D eigenvalue weighted by molar-refractivity contribution is 4.74. The first-order chi connectivity index (χ1) is 7.74. The van der Waals surface area contributed by atoms with Crippen molar-refractivity contribution in [1.82, 2.24) is 10.2 Å². The number of nitrogens with one attached hydrogen (secondary N) is 1. The van der Waals surface area contributed by atoms with E-state index in [1.165, 1.54) is 32.4 Å². The van der Waals surface area contributed by atoms with Crippen molar-refractivity contribution >= 4 is 0 Å². The summed E-state index contributed by atoms with van der Waals surface area (Å²) in [5, 5.41) is 3.52. The molecule has 1 aliphatic rings. The van der Waals surface area contributed by atoms with Crippen LogP contribution in [0.25, 0.3) is 0 Å². The monoisotopic (exact) mass is 228 g/mol. The quantitative estimate of drug-likeness (QED) is 0.720. The summed E-state index contributed by atoms with van der Waals surface area (Å²) in [6.45, 7) is 11.8. The molecule has 0 bridgehead atoms. The summed E-state index contributed by atoms with van der Waals surface area (Å²) in [5.41, 5.74) is 0. The van der Waals surface area contributed by atoms with Gasteiger partial charge in [0.2, 0.25) is 0 Å². The van der Waals surface area contributed by atoms with Crippen molar-refractivity contribution in [3.05, 3.63) is 0 Å². The van der Waals surface area contributed by atoms with Crippen LogP contribution in [0.5, 0.6) is 0 Å². The first kappa shape index (κ1) is 13.9. The molecule has 0 aromatic rings. The van der Waals surface area contributed by atoms with Crippen LogP contribution in [0, 0.1) is 0 Å². The van der Waals surface area contributed by atoms with Gasteiger partial charge in [-0.25, -0.2) is 0 Å². The zero-order valence-corrected chi connectivity index (χ0v) is 11.2. The molecule has 1 saturated heterocycles. The van der Waals surface area contributed by atoms with Crippen molar-refractivity contribution in [3.8, 4) is 0 Å². The Morgan fingerprint density at radius 3 is 2.94 bits per heavy atom. The highest BCUT2D eigenvalue weighted by Crippen LogP contribution is 2.15. The van der Waals surface area contributed by atoms with Gasteiger partial charge in [-0.15, -0.1) is 0 Å². The third kappa shape index (κ3) is 5.28. The summed E-state index contributed by atoms with van der Waals surface area (Å²) in [6, 6.07) is 1.25. The Kier molecular flexibility index (Phi) is 7.01. The second-order valence-corrected chi connectivity index (χ2v) is 4.90. The molecule has 0 amide bonds. The fraction of sp³-hybridized carbons (Fsp3) is 1.00. The number of piperidine rings is 1. The van der Waals surface area contributed by atoms with E-state index in [1.54, 1.807) is 0 Å². The molecular weight excluding hydrogens is 200 g/mol. The van der Waals surface area contributed by atoms with E-state index in [2.05, 4.69) is 24.1 Å².